The molecule has 0 saturated heterocycles. The van der Waals surface area contributed by atoms with Crippen LogP contribution in [0, 0.1) is 19.8 Å². The van der Waals surface area contributed by atoms with Gasteiger partial charge in [0.1, 0.15) is 0 Å². The highest BCUT2D eigenvalue weighted by Crippen LogP contribution is 2.21. The lowest BCUT2D eigenvalue weighted by atomic mass is 10.0. The summed E-state index contributed by atoms with van der Waals surface area (Å²) in [5, 5.41) is 11.6. The molecule has 1 amide bonds. The van der Waals surface area contributed by atoms with Crippen LogP contribution >= 0.6 is 11.3 Å². The molecule has 0 aromatic carbocycles. The van der Waals surface area contributed by atoms with Gasteiger partial charge in [0, 0.05) is 10.9 Å². The maximum absolute atomic E-state index is 12.0. The van der Waals surface area contributed by atoms with Crippen LogP contribution in [-0.2, 0) is 4.79 Å². The molecule has 5 heteroatoms. The fourth-order valence-electron chi connectivity index (χ4n) is 1.57. The van der Waals surface area contributed by atoms with Crippen molar-refractivity contribution >= 4 is 23.2 Å². The van der Waals surface area contributed by atoms with E-state index in [0.717, 1.165) is 10.4 Å². The van der Waals surface area contributed by atoms with Crippen LogP contribution < -0.4 is 5.32 Å². The van der Waals surface area contributed by atoms with E-state index in [0.29, 0.717) is 4.88 Å². The van der Waals surface area contributed by atoms with Gasteiger partial charge in [-0.05, 0) is 31.4 Å². The van der Waals surface area contributed by atoms with E-state index in [1.165, 1.54) is 11.3 Å². The number of carboxylic acid groups (broad SMARTS) is 1. The zero-order valence-electron chi connectivity index (χ0n) is 11.1. The van der Waals surface area contributed by atoms with E-state index in [1.807, 2.05) is 33.8 Å². The van der Waals surface area contributed by atoms with Gasteiger partial charge in [-0.3, -0.25) is 9.59 Å². The minimum absolute atomic E-state index is 0.0489. The van der Waals surface area contributed by atoms with Gasteiger partial charge < -0.3 is 10.4 Å². The van der Waals surface area contributed by atoms with E-state index in [4.69, 9.17) is 5.11 Å². The van der Waals surface area contributed by atoms with Gasteiger partial charge in [0.2, 0.25) is 0 Å². The molecule has 100 valence electrons. The molecule has 0 spiro atoms. The summed E-state index contributed by atoms with van der Waals surface area (Å²) in [6, 6.07) is 1.51. The second-order valence-electron chi connectivity index (χ2n) is 4.77. The molecule has 1 aromatic heterocycles. The Kier molecular flexibility index (Phi) is 4.90. The van der Waals surface area contributed by atoms with Crippen molar-refractivity contribution < 1.29 is 14.7 Å². The maximum Gasteiger partial charge on any atom is 0.305 e. The molecular weight excluding hydrogens is 250 g/mol. The summed E-state index contributed by atoms with van der Waals surface area (Å²) in [7, 11) is 0. The summed E-state index contributed by atoms with van der Waals surface area (Å²) in [5.41, 5.74) is 1.09. The average molecular weight is 269 g/mol. The van der Waals surface area contributed by atoms with Crippen LogP contribution in [0.3, 0.4) is 0 Å². The number of aliphatic carboxylic acids is 1. The highest BCUT2D eigenvalue weighted by Gasteiger charge is 2.21. The lowest BCUT2D eigenvalue weighted by Crippen LogP contribution is -2.39. The first-order valence-electron chi connectivity index (χ1n) is 5.91. The molecule has 1 aromatic rings. The van der Waals surface area contributed by atoms with Crippen LogP contribution in [-0.4, -0.2) is 23.0 Å². The number of hydrogen-bond acceptors (Lipinski definition) is 3. The number of amides is 1. The Balaban J connectivity index is 2.75. The van der Waals surface area contributed by atoms with Crippen molar-refractivity contribution in [2.24, 2.45) is 5.92 Å². The van der Waals surface area contributed by atoms with Gasteiger partial charge in [-0.15, -0.1) is 11.3 Å². The topological polar surface area (TPSA) is 66.4 Å². The molecular formula is C13H19NO3S. The predicted molar refractivity (Wildman–Crippen MR) is 72.1 cm³/mol. The van der Waals surface area contributed by atoms with Crippen molar-refractivity contribution in [3.8, 4) is 0 Å². The fraction of sp³-hybridized carbons (Fsp3) is 0.538. The molecule has 18 heavy (non-hydrogen) atoms. The number of thiophene rings is 1. The van der Waals surface area contributed by atoms with Crippen LogP contribution in [0.15, 0.2) is 6.07 Å². The molecule has 0 aliphatic rings. The SMILES string of the molecule is Cc1cc(C(=O)NC(CC(=O)O)C(C)C)sc1C. The third kappa shape index (κ3) is 3.84. The fourth-order valence-corrected chi connectivity index (χ4v) is 2.50. The minimum atomic E-state index is -0.896. The zero-order valence-corrected chi connectivity index (χ0v) is 11.9. The van der Waals surface area contributed by atoms with Crippen LogP contribution in [0.25, 0.3) is 0 Å². The summed E-state index contributed by atoms with van der Waals surface area (Å²) in [5.74, 6) is -0.990. The van der Waals surface area contributed by atoms with Gasteiger partial charge in [-0.1, -0.05) is 13.8 Å². The zero-order chi connectivity index (χ0) is 13.9. The summed E-state index contributed by atoms with van der Waals surface area (Å²) in [4.78, 5) is 24.5. The standard InChI is InChI=1S/C13H19NO3S/c1-7(2)10(6-12(15)16)14-13(17)11-5-8(3)9(4)18-11/h5,7,10H,6H2,1-4H3,(H,14,17)(H,15,16). The first-order chi connectivity index (χ1) is 8.31. The normalized spacial score (nSPS) is 12.5. The Hall–Kier alpha value is -1.36. The van der Waals surface area contributed by atoms with E-state index in [2.05, 4.69) is 5.32 Å². The second kappa shape index (κ2) is 6.00. The predicted octanol–water partition coefficient (Wildman–Crippen LogP) is 2.59. The summed E-state index contributed by atoms with van der Waals surface area (Å²) in [6.45, 7) is 7.73. The molecule has 1 rings (SSSR count). The number of nitrogens with one attached hydrogen (secondary N) is 1. The maximum atomic E-state index is 12.0. The Morgan fingerprint density at radius 2 is 2.00 bits per heavy atom. The largest absolute Gasteiger partial charge is 0.481 e. The van der Waals surface area contributed by atoms with Crippen molar-refractivity contribution in [1.29, 1.82) is 0 Å². The molecule has 0 aliphatic carbocycles. The number of aryl methyl sites for hydroxylation is 2. The van der Waals surface area contributed by atoms with Crippen molar-refractivity contribution in [2.75, 3.05) is 0 Å². The minimum Gasteiger partial charge on any atom is -0.481 e. The van der Waals surface area contributed by atoms with E-state index >= 15 is 0 Å². The third-order valence-electron chi connectivity index (χ3n) is 2.91. The van der Waals surface area contributed by atoms with Gasteiger partial charge in [0.15, 0.2) is 0 Å². The van der Waals surface area contributed by atoms with Gasteiger partial charge in [0.25, 0.3) is 5.91 Å². The van der Waals surface area contributed by atoms with Crippen molar-refractivity contribution in [3.05, 3.63) is 21.4 Å². The lowest BCUT2D eigenvalue weighted by molar-refractivity contribution is -0.137. The number of carbonyl (C=O) groups excluding carboxylic acids is 1. The smallest absolute Gasteiger partial charge is 0.305 e. The van der Waals surface area contributed by atoms with E-state index < -0.39 is 5.97 Å². The highest BCUT2D eigenvalue weighted by atomic mass is 32.1. The second-order valence-corrected chi connectivity index (χ2v) is 6.03. The number of carbonyl (C=O) groups is 2. The van der Waals surface area contributed by atoms with E-state index in [1.54, 1.807) is 0 Å². The highest BCUT2D eigenvalue weighted by molar-refractivity contribution is 7.14. The molecule has 2 N–H and O–H groups in total. The van der Waals surface area contributed by atoms with E-state index in [-0.39, 0.29) is 24.3 Å². The lowest BCUT2D eigenvalue weighted by Gasteiger charge is -2.20. The number of hydrogen-bond donors (Lipinski definition) is 2. The van der Waals surface area contributed by atoms with Gasteiger partial charge in [-0.2, -0.15) is 0 Å². The first kappa shape index (κ1) is 14.7. The monoisotopic (exact) mass is 269 g/mol. The molecule has 1 atom stereocenters. The summed E-state index contributed by atoms with van der Waals surface area (Å²) < 4.78 is 0. The van der Waals surface area contributed by atoms with E-state index in [9.17, 15) is 9.59 Å². The Bertz CT molecular complexity index is 432. The molecule has 0 aliphatic heterocycles. The summed E-state index contributed by atoms with van der Waals surface area (Å²) >= 11 is 1.44. The average Bonchev–Trinajstić information content (AvgIpc) is 2.57. The Morgan fingerprint density at radius 1 is 1.39 bits per heavy atom. The number of carboxylic acids is 1. The van der Waals surface area contributed by atoms with Gasteiger partial charge in [0.05, 0.1) is 11.3 Å². The van der Waals surface area contributed by atoms with Crippen LogP contribution in [0.1, 0.15) is 40.4 Å². The van der Waals surface area contributed by atoms with Crippen molar-refractivity contribution in [2.45, 2.75) is 40.2 Å². The van der Waals surface area contributed by atoms with Crippen LogP contribution in [0.5, 0.6) is 0 Å². The summed E-state index contributed by atoms with van der Waals surface area (Å²) in [6.07, 6.45) is -0.0489. The molecule has 0 bridgehead atoms. The third-order valence-corrected chi connectivity index (χ3v) is 4.06. The van der Waals surface area contributed by atoms with Crippen molar-refractivity contribution in [3.63, 3.8) is 0 Å². The number of rotatable bonds is 5. The van der Waals surface area contributed by atoms with Crippen LogP contribution in [0.4, 0.5) is 0 Å². The molecule has 0 fully saturated rings. The quantitative estimate of drug-likeness (QED) is 0.863. The molecule has 0 radical (unpaired) electrons. The molecule has 0 saturated carbocycles. The van der Waals surface area contributed by atoms with Crippen LogP contribution in [0.2, 0.25) is 0 Å². The Morgan fingerprint density at radius 3 is 2.39 bits per heavy atom. The molecule has 4 nitrogen and oxygen atoms in total. The molecule has 1 unspecified atom stereocenters. The Labute approximate surface area is 111 Å². The van der Waals surface area contributed by atoms with Crippen molar-refractivity contribution in [1.82, 2.24) is 5.32 Å². The van der Waals surface area contributed by atoms with Gasteiger partial charge in [-0.25, -0.2) is 0 Å². The first-order valence-corrected chi connectivity index (χ1v) is 6.72. The molecule has 1 heterocycles. The van der Waals surface area contributed by atoms with Gasteiger partial charge >= 0.3 is 5.97 Å².